The summed E-state index contributed by atoms with van der Waals surface area (Å²) < 4.78 is 0. The van der Waals surface area contributed by atoms with Crippen LogP contribution >= 0.6 is 0 Å². The zero-order valence-electron chi connectivity index (χ0n) is 19.1. The molecule has 5 heteroatoms. The number of fused-ring (bicyclic) bond motifs is 1. The molecule has 0 bridgehead atoms. The van der Waals surface area contributed by atoms with Crippen molar-refractivity contribution in [3.8, 4) is 0 Å². The number of carbonyl (C=O) groups is 2. The smallest absolute Gasteiger partial charge is 0.242 e. The van der Waals surface area contributed by atoms with Gasteiger partial charge in [-0.25, -0.2) is 0 Å². The van der Waals surface area contributed by atoms with Gasteiger partial charge in [-0.05, 0) is 42.4 Å². The number of rotatable bonds is 10. The van der Waals surface area contributed by atoms with Gasteiger partial charge in [0.05, 0.1) is 6.54 Å². The molecule has 168 valence electrons. The molecule has 1 aliphatic carbocycles. The van der Waals surface area contributed by atoms with Crippen LogP contribution in [0, 0.1) is 11.8 Å². The van der Waals surface area contributed by atoms with E-state index >= 15 is 0 Å². The van der Waals surface area contributed by atoms with Gasteiger partial charge in [0, 0.05) is 42.7 Å². The van der Waals surface area contributed by atoms with Gasteiger partial charge in [0.2, 0.25) is 11.8 Å². The highest BCUT2D eigenvalue weighted by Gasteiger charge is 2.34. The molecule has 0 unspecified atom stereocenters. The highest BCUT2D eigenvalue weighted by molar-refractivity contribution is 5.87. The normalized spacial score (nSPS) is 13.5. The minimum atomic E-state index is 0.0170. The number of aromatic amines is 1. The van der Waals surface area contributed by atoms with Crippen molar-refractivity contribution in [3.63, 3.8) is 0 Å². The first kappa shape index (κ1) is 22.1. The zero-order valence-corrected chi connectivity index (χ0v) is 19.1. The van der Waals surface area contributed by atoms with Gasteiger partial charge in [-0.1, -0.05) is 62.4 Å². The second-order valence-corrected chi connectivity index (χ2v) is 9.30. The monoisotopic (exact) mass is 431 g/mol. The lowest BCUT2D eigenvalue weighted by atomic mass is 10.1. The topological polar surface area (TPSA) is 56.4 Å². The number of hydrogen-bond acceptors (Lipinski definition) is 2. The Kier molecular flexibility index (Phi) is 6.93. The molecule has 1 aliphatic rings. The maximum Gasteiger partial charge on any atom is 0.242 e. The van der Waals surface area contributed by atoms with E-state index < -0.39 is 0 Å². The van der Waals surface area contributed by atoms with E-state index in [1.807, 2.05) is 53.6 Å². The van der Waals surface area contributed by atoms with Crippen molar-refractivity contribution in [1.82, 2.24) is 14.8 Å². The average molecular weight is 432 g/mol. The summed E-state index contributed by atoms with van der Waals surface area (Å²) >= 11 is 0. The number of benzene rings is 2. The summed E-state index contributed by atoms with van der Waals surface area (Å²) in [5.74, 6) is 0.612. The molecule has 2 amide bonds. The number of nitrogens with one attached hydrogen (secondary N) is 1. The van der Waals surface area contributed by atoms with Crippen LogP contribution in [-0.2, 0) is 22.6 Å². The van der Waals surface area contributed by atoms with Crippen LogP contribution in [-0.4, -0.2) is 46.2 Å². The number of H-pyrrole nitrogens is 1. The molecule has 1 aromatic heterocycles. The van der Waals surface area contributed by atoms with E-state index in [0.29, 0.717) is 25.6 Å². The summed E-state index contributed by atoms with van der Waals surface area (Å²) in [6, 6.07) is 18.3. The number of amides is 2. The van der Waals surface area contributed by atoms with Gasteiger partial charge >= 0.3 is 0 Å². The zero-order chi connectivity index (χ0) is 22.5. The molecular weight excluding hydrogens is 398 g/mol. The summed E-state index contributed by atoms with van der Waals surface area (Å²) in [7, 11) is 0. The first-order valence-corrected chi connectivity index (χ1v) is 11.7. The predicted molar refractivity (Wildman–Crippen MR) is 128 cm³/mol. The Bertz CT molecular complexity index is 1050. The van der Waals surface area contributed by atoms with Crippen LogP contribution in [0.15, 0.2) is 60.8 Å². The fraction of sp³-hybridized carbons (Fsp3) is 0.407. The van der Waals surface area contributed by atoms with Gasteiger partial charge in [-0.2, -0.15) is 0 Å². The molecule has 2 aromatic carbocycles. The predicted octanol–water partition coefficient (Wildman–Crippen LogP) is 4.63. The number of aromatic nitrogens is 1. The Labute approximate surface area is 190 Å². The minimum Gasteiger partial charge on any atom is -0.361 e. The highest BCUT2D eigenvalue weighted by atomic mass is 16.2. The van der Waals surface area contributed by atoms with E-state index in [4.69, 9.17) is 0 Å². The van der Waals surface area contributed by atoms with E-state index in [0.717, 1.165) is 30.3 Å². The van der Waals surface area contributed by atoms with Crippen LogP contribution in [0.3, 0.4) is 0 Å². The van der Waals surface area contributed by atoms with Crippen LogP contribution in [0.2, 0.25) is 0 Å². The molecule has 1 N–H and O–H groups in total. The molecule has 1 heterocycles. The molecule has 3 aromatic rings. The van der Waals surface area contributed by atoms with E-state index in [2.05, 4.69) is 31.0 Å². The summed E-state index contributed by atoms with van der Waals surface area (Å²) in [5, 5.41) is 1.20. The maximum atomic E-state index is 13.4. The second-order valence-electron chi connectivity index (χ2n) is 9.30. The van der Waals surface area contributed by atoms with Crippen LogP contribution in [0.1, 0.15) is 37.8 Å². The third kappa shape index (κ3) is 5.58. The molecule has 32 heavy (non-hydrogen) atoms. The van der Waals surface area contributed by atoms with E-state index in [-0.39, 0.29) is 24.3 Å². The number of para-hydroxylation sites is 1. The minimum absolute atomic E-state index is 0.0170. The Morgan fingerprint density at radius 2 is 1.72 bits per heavy atom. The third-order valence-corrected chi connectivity index (χ3v) is 6.04. The van der Waals surface area contributed by atoms with Crippen molar-refractivity contribution in [2.75, 3.05) is 19.6 Å². The van der Waals surface area contributed by atoms with Crippen LogP contribution in [0.4, 0.5) is 0 Å². The van der Waals surface area contributed by atoms with Crippen molar-refractivity contribution < 1.29 is 9.59 Å². The van der Waals surface area contributed by atoms with E-state index in [1.165, 1.54) is 10.9 Å². The van der Waals surface area contributed by atoms with Crippen molar-refractivity contribution in [2.45, 2.75) is 39.7 Å². The molecule has 0 atom stereocenters. The number of nitrogens with zero attached hydrogens (tertiary/aromatic N) is 2. The summed E-state index contributed by atoms with van der Waals surface area (Å²) in [5.41, 5.74) is 3.42. The Balaban J connectivity index is 1.49. The first-order valence-electron chi connectivity index (χ1n) is 11.7. The highest BCUT2D eigenvalue weighted by Crippen LogP contribution is 2.31. The molecule has 5 nitrogen and oxygen atoms in total. The van der Waals surface area contributed by atoms with Crippen LogP contribution in [0.25, 0.3) is 10.9 Å². The average Bonchev–Trinajstić information content (AvgIpc) is 3.56. The van der Waals surface area contributed by atoms with Crippen molar-refractivity contribution in [2.24, 2.45) is 11.8 Å². The van der Waals surface area contributed by atoms with Crippen LogP contribution < -0.4 is 0 Å². The molecule has 1 saturated carbocycles. The van der Waals surface area contributed by atoms with Crippen molar-refractivity contribution in [1.29, 1.82) is 0 Å². The Hall–Kier alpha value is -3.08. The molecular formula is C27H33N3O2. The number of hydrogen-bond donors (Lipinski definition) is 1. The first-order chi connectivity index (χ1) is 15.5. The van der Waals surface area contributed by atoms with Gasteiger partial charge in [-0.3, -0.25) is 9.59 Å². The molecule has 0 saturated heterocycles. The van der Waals surface area contributed by atoms with E-state index in [9.17, 15) is 9.59 Å². The lowest BCUT2D eigenvalue weighted by Crippen LogP contribution is -2.45. The third-order valence-electron chi connectivity index (χ3n) is 6.04. The molecule has 1 fully saturated rings. The largest absolute Gasteiger partial charge is 0.361 e. The molecule has 0 radical (unpaired) electrons. The summed E-state index contributed by atoms with van der Waals surface area (Å²) in [6.07, 6.45) is 4.71. The fourth-order valence-electron chi connectivity index (χ4n) is 4.21. The van der Waals surface area contributed by atoms with Gasteiger partial charge in [0.1, 0.15) is 0 Å². The lowest BCUT2D eigenvalue weighted by Gasteiger charge is -2.29. The molecule has 0 aliphatic heterocycles. The van der Waals surface area contributed by atoms with Crippen LogP contribution in [0.5, 0.6) is 0 Å². The van der Waals surface area contributed by atoms with Gasteiger partial charge in [0.25, 0.3) is 0 Å². The van der Waals surface area contributed by atoms with Gasteiger partial charge in [-0.15, -0.1) is 0 Å². The summed E-state index contributed by atoms with van der Waals surface area (Å²) in [6.45, 7) is 6.14. The Morgan fingerprint density at radius 1 is 1.00 bits per heavy atom. The number of carbonyl (C=O) groups excluding carboxylic acids is 2. The van der Waals surface area contributed by atoms with Crippen molar-refractivity contribution >= 4 is 22.7 Å². The quantitative estimate of drug-likeness (QED) is 0.509. The standard InChI is InChI=1S/C27H33N3O2/c1-20(2)17-30(27(32)22-12-13-22)19-26(31)29(18-21-8-4-3-5-9-21)15-14-23-16-28-25-11-7-6-10-24(23)25/h3-11,16,20,22,28H,12-15,17-19H2,1-2H3. The fourth-order valence-corrected chi connectivity index (χ4v) is 4.21. The van der Waals surface area contributed by atoms with E-state index in [1.54, 1.807) is 4.90 Å². The van der Waals surface area contributed by atoms with Gasteiger partial charge < -0.3 is 14.8 Å². The molecule has 0 spiro atoms. The SMILES string of the molecule is CC(C)CN(CC(=O)N(CCc1c[nH]c2ccccc12)Cc1ccccc1)C(=O)C1CC1. The maximum absolute atomic E-state index is 13.4. The van der Waals surface area contributed by atoms with Gasteiger partial charge in [0.15, 0.2) is 0 Å². The van der Waals surface area contributed by atoms with Crippen molar-refractivity contribution in [3.05, 3.63) is 71.9 Å². The summed E-state index contributed by atoms with van der Waals surface area (Å²) in [4.78, 5) is 33.2. The lowest BCUT2D eigenvalue weighted by molar-refractivity contribution is -0.142. The Morgan fingerprint density at radius 3 is 2.44 bits per heavy atom. The molecule has 4 rings (SSSR count). The second kappa shape index (κ2) is 10.0.